The molecule has 0 atom stereocenters. The van der Waals surface area contributed by atoms with Crippen molar-refractivity contribution in [2.24, 2.45) is 0 Å². The summed E-state index contributed by atoms with van der Waals surface area (Å²) in [5.41, 5.74) is 0.417. The van der Waals surface area contributed by atoms with Crippen LogP contribution in [-0.2, 0) is 13.1 Å². The van der Waals surface area contributed by atoms with Crippen LogP contribution >= 0.6 is 15.9 Å². The number of halogens is 1. The van der Waals surface area contributed by atoms with Crippen molar-refractivity contribution < 1.29 is 4.52 Å². The van der Waals surface area contributed by atoms with Crippen LogP contribution in [0.2, 0.25) is 0 Å². The zero-order valence-corrected chi connectivity index (χ0v) is 13.7. The first kappa shape index (κ1) is 15.6. The van der Waals surface area contributed by atoms with Crippen LogP contribution in [0.25, 0.3) is 0 Å². The van der Waals surface area contributed by atoms with Gasteiger partial charge in [-0.05, 0) is 36.9 Å². The fourth-order valence-corrected chi connectivity index (χ4v) is 2.07. The van der Waals surface area contributed by atoms with Crippen LogP contribution < -0.4 is 10.9 Å². The Morgan fingerprint density at radius 1 is 1.48 bits per heavy atom. The van der Waals surface area contributed by atoms with Gasteiger partial charge in [0.2, 0.25) is 5.89 Å². The van der Waals surface area contributed by atoms with E-state index in [0.29, 0.717) is 35.0 Å². The number of nitrogens with zero attached hydrogens (tertiary/aromatic N) is 5. The predicted octanol–water partition coefficient (Wildman–Crippen LogP) is 0.871. The lowest BCUT2D eigenvalue weighted by atomic mass is 10.4. The summed E-state index contributed by atoms with van der Waals surface area (Å²) in [6, 6.07) is 0. The van der Waals surface area contributed by atoms with E-state index in [1.165, 1.54) is 4.68 Å². The summed E-state index contributed by atoms with van der Waals surface area (Å²) < 4.78 is 6.86. The van der Waals surface area contributed by atoms with Crippen molar-refractivity contribution in [1.29, 1.82) is 0 Å². The molecule has 2 aromatic heterocycles. The summed E-state index contributed by atoms with van der Waals surface area (Å²) in [6.07, 6.45) is 1.60. The minimum Gasteiger partial charge on any atom is -0.374 e. The molecule has 0 spiro atoms. The molecule has 0 saturated carbocycles. The minimum absolute atomic E-state index is 0.177. The Bertz CT molecular complexity index is 666. The van der Waals surface area contributed by atoms with Crippen LogP contribution in [0.15, 0.2) is 20.0 Å². The van der Waals surface area contributed by atoms with Gasteiger partial charge in [-0.3, -0.25) is 4.79 Å². The first-order valence-electron chi connectivity index (χ1n) is 6.41. The van der Waals surface area contributed by atoms with Crippen molar-refractivity contribution in [1.82, 2.24) is 24.8 Å². The Hall–Kier alpha value is -1.74. The van der Waals surface area contributed by atoms with Crippen molar-refractivity contribution in [3.63, 3.8) is 0 Å². The monoisotopic (exact) mass is 356 g/mol. The first-order chi connectivity index (χ1) is 9.97. The molecule has 8 nitrogen and oxygen atoms in total. The molecule has 0 aromatic carbocycles. The Morgan fingerprint density at radius 2 is 2.24 bits per heavy atom. The van der Waals surface area contributed by atoms with E-state index in [2.05, 4.69) is 36.5 Å². The fourth-order valence-electron chi connectivity index (χ4n) is 1.62. The van der Waals surface area contributed by atoms with E-state index in [0.717, 1.165) is 6.54 Å². The van der Waals surface area contributed by atoms with Crippen LogP contribution in [-0.4, -0.2) is 45.5 Å². The lowest BCUT2D eigenvalue weighted by Crippen LogP contribution is -2.29. The maximum Gasteiger partial charge on any atom is 0.283 e. The maximum atomic E-state index is 12.2. The number of hydrogen-bond acceptors (Lipinski definition) is 7. The van der Waals surface area contributed by atoms with Gasteiger partial charge in [0, 0.05) is 6.54 Å². The van der Waals surface area contributed by atoms with Crippen molar-refractivity contribution >= 4 is 21.6 Å². The first-order valence-corrected chi connectivity index (χ1v) is 7.20. The average molecular weight is 357 g/mol. The van der Waals surface area contributed by atoms with Crippen LogP contribution in [0.3, 0.4) is 0 Å². The number of rotatable bonds is 6. The van der Waals surface area contributed by atoms with E-state index in [4.69, 9.17) is 4.52 Å². The third-order valence-electron chi connectivity index (χ3n) is 2.74. The molecule has 2 heterocycles. The second kappa shape index (κ2) is 6.81. The topological polar surface area (TPSA) is 89.1 Å². The highest BCUT2D eigenvalue weighted by Crippen LogP contribution is 2.16. The third kappa shape index (κ3) is 4.11. The van der Waals surface area contributed by atoms with Crippen molar-refractivity contribution in [2.45, 2.75) is 20.0 Å². The number of likely N-dealkylation sites (N-methyl/N-ethyl adjacent to an activating group) is 1. The summed E-state index contributed by atoms with van der Waals surface area (Å²) in [7, 11) is 3.89. The van der Waals surface area contributed by atoms with Gasteiger partial charge in [-0.1, -0.05) is 5.16 Å². The Morgan fingerprint density at radius 3 is 2.86 bits per heavy atom. The Kier molecular flexibility index (Phi) is 5.07. The smallest absolute Gasteiger partial charge is 0.283 e. The summed E-state index contributed by atoms with van der Waals surface area (Å²) in [5, 5.41) is 10.9. The van der Waals surface area contributed by atoms with Gasteiger partial charge in [0.1, 0.15) is 4.47 Å². The van der Waals surface area contributed by atoms with E-state index >= 15 is 0 Å². The van der Waals surface area contributed by atoms with Crippen LogP contribution in [0, 0.1) is 6.92 Å². The van der Waals surface area contributed by atoms with Gasteiger partial charge < -0.3 is 14.7 Å². The summed E-state index contributed by atoms with van der Waals surface area (Å²) >= 11 is 3.30. The van der Waals surface area contributed by atoms with E-state index < -0.39 is 0 Å². The second-order valence-corrected chi connectivity index (χ2v) is 5.59. The van der Waals surface area contributed by atoms with Gasteiger partial charge in [0.25, 0.3) is 5.56 Å². The normalized spacial score (nSPS) is 11.1. The Labute approximate surface area is 130 Å². The molecule has 2 rings (SSSR count). The molecule has 0 saturated heterocycles. The SMILES string of the molecule is Cc1noc(CNc2cnn(CCN(C)C)c(=O)c2Br)n1. The average Bonchev–Trinajstić information content (AvgIpc) is 2.85. The van der Waals surface area contributed by atoms with Gasteiger partial charge >= 0.3 is 0 Å². The molecule has 0 unspecified atom stereocenters. The zero-order valence-electron chi connectivity index (χ0n) is 12.1. The van der Waals surface area contributed by atoms with Crippen molar-refractivity contribution in [3.05, 3.63) is 32.7 Å². The van der Waals surface area contributed by atoms with Gasteiger partial charge in [-0.15, -0.1) is 0 Å². The number of hydrogen-bond donors (Lipinski definition) is 1. The Balaban J connectivity index is 2.07. The molecule has 0 aliphatic rings. The molecule has 114 valence electrons. The highest BCUT2D eigenvalue weighted by Gasteiger charge is 2.10. The molecular weight excluding hydrogens is 340 g/mol. The van der Waals surface area contributed by atoms with Crippen LogP contribution in [0.4, 0.5) is 5.69 Å². The van der Waals surface area contributed by atoms with E-state index in [1.807, 2.05) is 19.0 Å². The largest absolute Gasteiger partial charge is 0.374 e. The van der Waals surface area contributed by atoms with Gasteiger partial charge in [-0.25, -0.2) is 4.68 Å². The summed E-state index contributed by atoms with van der Waals surface area (Å²) in [5.74, 6) is 1.03. The fraction of sp³-hybridized carbons (Fsp3) is 0.500. The van der Waals surface area contributed by atoms with Crippen LogP contribution in [0.1, 0.15) is 11.7 Å². The molecule has 1 N–H and O–H groups in total. The molecular formula is C12H17BrN6O2. The standard InChI is InChI=1S/C12H17BrN6O2/c1-8-16-10(21-17-8)7-14-9-6-15-19(5-4-18(2)3)12(20)11(9)13/h6,14H,4-5,7H2,1-3H3. The summed E-state index contributed by atoms with van der Waals surface area (Å²) in [4.78, 5) is 18.2. The third-order valence-corrected chi connectivity index (χ3v) is 3.51. The van der Waals surface area contributed by atoms with E-state index in [9.17, 15) is 4.79 Å². The van der Waals surface area contributed by atoms with Crippen molar-refractivity contribution in [3.8, 4) is 0 Å². The van der Waals surface area contributed by atoms with Gasteiger partial charge in [0.15, 0.2) is 5.82 Å². The van der Waals surface area contributed by atoms with Gasteiger partial charge in [-0.2, -0.15) is 10.1 Å². The quantitative estimate of drug-likeness (QED) is 0.821. The van der Waals surface area contributed by atoms with Crippen LogP contribution in [0.5, 0.6) is 0 Å². The lowest BCUT2D eigenvalue weighted by Gasteiger charge is -2.12. The number of aryl methyl sites for hydroxylation is 1. The van der Waals surface area contributed by atoms with Crippen molar-refractivity contribution in [2.75, 3.05) is 26.0 Å². The lowest BCUT2D eigenvalue weighted by molar-refractivity contribution is 0.367. The molecule has 9 heteroatoms. The molecule has 0 aliphatic heterocycles. The highest BCUT2D eigenvalue weighted by molar-refractivity contribution is 9.10. The molecule has 0 amide bonds. The molecule has 0 bridgehead atoms. The molecule has 2 aromatic rings. The predicted molar refractivity (Wildman–Crippen MR) is 81.1 cm³/mol. The molecule has 0 fully saturated rings. The number of aromatic nitrogens is 4. The zero-order chi connectivity index (χ0) is 15.4. The molecule has 0 aliphatic carbocycles. The molecule has 0 radical (unpaired) electrons. The highest BCUT2D eigenvalue weighted by atomic mass is 79.9. The van der Waals surface area contributed by atoms with E-state index in [-0.39, 0.29) is 5.56 Å². The second-order valence-electron chi connectivity index (χ2n) is 4.79. The van der Waals surface area contributed by atoms with E-state index in [1.54, 1.807) is 13.1 Å². The molecule has 21 heavy (non-hydrogen) atoms. The number of nitrogens with one attached hydrogen (secondary N) is 1. The maximum absolute atomic E-state index is 12.2. The number of anilines is 1. The van der Waals surface area contributed by atoms with Gasteiger partial charge in [0.05, 0.1) is 25.0 Å². The minimum atomic E-state index is -0.177. The summed E-state index contributed by atoms with van der Waals surface area (Å²) in [6.45, 7) is 3.36.